The molecule has 0 atom stereocenters. The molecule has 0 bridgehead atoms. The van der Waals surface area contributed by atoms with Crippen LogP contribution in [0.15, 0.2) is 18.2 Å². The highest BCUT2D eigenvalue weighted by Gasteiger charge is 2.18. The lowest BCUT2D eigenvalue weighted by Crippen LogP contribution is -2.44. The Hall–Kier alpha value is -1.79. The topological polar surface area (TPSA) is 81.7 Å². The van der Waals surface area contributed by atoms with Gasteiger partial charge in [0, 0.05) is 6.04 Å². The molecule has 3 N–H and O–H groups in total. The minimum atomic E-state index is -1.06. The summed E-state index contributed by atoms with van der Waals surface area (Å²) in [5.74, 6) is -1.06. The minimum Gasteiger partial charge on any atom is -0.478 e. The number of hydrogen-bond acceptors (Lipinski definition) is 3. The average Bonchev–Trinajstić information content (AvgIpc) is 2.43. The third kappa shape index (κ3) is 4.34. The number of piperidine rings is 1. The van der Waals surface area contributed by atoms with Gasteiger partial charge in [0.25, 0.3) is 0 Å². The summed E-state index contributed by atoms with van der Waals surface area (Å²) in [4.78, 5) is 25.0. The minimum absolute atomic E-state index is 0.0845. The molecule has 2 amide bonds. The van der Waals surface area contributed by atoms with Gasteiger partial charge in [0.1, 0.15) is 0 Å². The smallest absolute Gasteiger partial charge is 0.335 e. The highest BCUT2D eigenvalue weighted by molar-refractivity contribution is 6.34. The molecule has 2 rings (SSSR count). The van der Waals surface area contributed by atoms with Crippen molar-refractivity contribution in [2.24, 2.45) is 0 Å². The van der Waals surface area contributed by atoms with Crippen molar-refractivity contribution in [2.45, 2.75) is 18.9 Å². The van der Waals surface area contributed by atoms with E-state index >= 15 is 0 Å². The van der Waals surface area contributed by atoms with Gasteiger partial charge >= 0.3 is 12.0 Å². The number of carboxylic acids is 1. The zero-order chi connectivity index (χ0) is 15.4. The molecule has 1 aromatic rings. The van der Waals surface area contributed by atoms with Gasteiger partial charge in [-0.3, -0.25) is 0 Å². The van der Waals surface area contributed by atoms with Gasteiger partial charge < -0.3 is 20.6 Å². The van der Waals surface area contributed by atoms with Crippen LogP contribution in [0.1, 0.15) is 23.2 Å². The first-order chi connectivity index (χ1) is 9.95. The predicted octanol–water partition coefficient (Wildman–Crippen LogP) is 2.25. The van der Waals surface area contributed by atoms with E-state index in [0.29, 0.717) is 5.69 Å². The molecule has 0 radical (unpaired) electrons. The number of urea groups is 1. The summed E-state index contributed by atoms with van der Waals surface area (Å²) >= 11 is 5.97. The molecule has 21 heavy (non-hydrogen) atoms. The van der Waals surface area contributed by atoms with E-state index in [1.165, 1.54) is 18.2 Å². The summed E-state index contributed by atoms with van der Waals surface area (Å²) in [5.41, 5.74) is 0.480. The van der Waals surface area contributed by atoms with Crippen LogP contribution in [-0.4, -0.2) is 48.2 Å². The van der Waals surface area contributed by atoms with Crippen molar-refractivity contribution in [3.63, 3.8) is 0 Å². The molecule has 1 aliphatic rings. The summed E-state index contributed by atoms with van der Waals surface area (Å²) in [7, 11) is 2.06. The maximum Gasteiger partial charge on any atom is 0.335 e. The summed E-state index contributed by atoms with van der Waals surface area (Å²) in [6.07, 6.45) is 1.82. The Bertz CT molecular complexity index is 542. The fraction of sp³-hybridized carbons (Fsp3) is 0.429. The molecule has 6 nitrogen and oxygen atoms in total. The van der Waals surface area contributed by atoms with Gasteiger partial charge in [-0.2, -0.15) is 0 Å². The molecule has 0 saturated carbocycles. The van der Waals surface area contributed by atoms with Crippen molar-refractivity contribution in [3.05, 3.63) is 28.8 Å². The van der Waals surface area contributed by atoms with Crippen molar-refractivity contribution < 1.29 is 14.7 Å². The predicted molar refractivity (Wildman–Crippen MR) is 81.1 cm³/mol. The van der Waals surface area contributed by atoms with Gasteiger partial charge in [-0.25, -0.2) is 9.59 Å². The second kappa shape index (κ2) is 6.78. The Labute approximate surface area is 128 Å². The number of likely N-dealkylation sites (tertiary alicyclic amines) is 1. The zero-order valence-corrected chi connectivity index (χ0v) is 12.5. The van der Waals surface area contributed by atoms with Crippen molar-refractivity contribution >= 4 is 29.3 Å². The summed E-state index contributed by atoms with van der Waals surface area (Å²) in [6, 6.07) is 4.03. The molecular formula is C14H18ClN3O3. The van der Waals surface area contributed by atoms with Crippen molar-refractivity contribution in [1.29, 1.82) is 0 Å². The number of nitrogens with zero attached hydrogens (tertiary/aromatic N) is 1. The third-order valence-electron chi connectivity index (χ3n) is 3.52. The number of anilines is 1. The van der Waals surface area contributed by atoms with E-state index in [-0.39, 0.29) is 22.7 Å². The Morgan fingerprint density at radius 3 is 2.57 bits per heavy atom. The lowest BCUT2D eigenvalue weighted by molar-refractivity contribution is 0.0697. The van der Waals surface area contributed by atoms with E-state index in [1.54, 1.807) is 0 Å². The van der Waals surface area contributed by atoms with E-state index < -0.39 is 5.97 Å². The third-order valence-corrected chi connectivity index (χ3v) is 3.83. The van der Waals surface area contributed by atoms with E-state index in [1.807, 2.05) is 0 Å². The average molecular weight is 312 g/mol. The van der Waals surface area contributed by atoms with Crippen molar-refractivity contribution in [2.75, 3.05) is 25.5 Å². The van der Waals surface area contributed by atoms with Crippen LogP contribution in [0, 0.1) is 0 Å². The number of halogens is 1. The standard InChI is InChI=1S/C14H18ClN3O3/c1-18-6-4-10(5-7-18)16-14(21)17-12-3-2-9(13(19)20)8-11(12)15/h2-3,8,10H,4-7H2,1H3,(H,19,20)(H2,16,17,21). The number of carboxylic acid groups (broad SMARTS) is 1. The first-order valence-electron chi connectivity index (χ1n) is 6.74. The number of carbonyl (C=O) groups excluding carboxylic acids is 1. The Morgan fingerprint density at radius 2 is 2.00 bits per heavy atom. The van der Waals surface area contributed by atoms with Gasteiger partial charge in [0.15, 0.2) is 0 Å². The molecular weight excluding hydrogens is 294 g/mol. The van der Waals surface area contributed by atoms with E-state index in [4.69, 9.17) is 16.7 Å². The number of benzene rings is 1. The van der Waals surface area contributed by atoms with Crippen LogP contribution in [0.3, 0.4) is 0 Å². The summed E-state index contributed by atoms with van der Waals surface area (Å²) < 4.78 is 0. The maximum atomic E-state index is 11.9. The van der Waals surface area contributed by atoms with Gasteiger partial charge in [0.2, 0.25) is 0 Å². The van der Waals surface area contributed by atoms with Gasteiger partial charge in [-0.05, 0) is 51.2 Å². The SMILES string of the molecule is CN1CCC(NC(=O)Nc2ccc(C(=O)O)cc2Cl)CC1. The molecule has 114 valence electrons. The summed E-state index contributed by atoms with van der Waals surface area (Å²) in [6.45, 7) is 1.91. The van der Waals surface area contributed by atoms with Crippen LogP contribution in [0.25, 0.3) is 0 Å². The van der Waals surface area contributed by atoms with Crippen LogP contribution < -0.4 is 10.6 Å². The molecule has 1 saturated heterocycles. The number of nitrogens with one attached hydrogen (secondary N) is 2. The second-order valence-electron chi connectivity index (χ2n) is 5.18. The fourth-order valence-corrected chi connectivity index (χ4v) is 2.47. The molecule has 0 aliphatic carbocycles. The highest BCUT2D eigenvalue weighted by atomic mass is 35.5. The van der Waals surface area contributed by atoms with E-state index in [9.17, 15) is 9.59 Å². The Morgan fingerprint density at radius 1 is 1.33 bits per heavy atom. The van der Waals surface area contributed by atoms with Crippen LogP contribution in [0.4, 0.5) is 10.5 Å². The first kappa shape index (κ1) is 15.6. The molecule has 1 fully saturated rings. The molecule has 1 aromatic carbocycles. The number of amides is 2. The monoisotopic (exact) mass is 311 g/mol. The van der Waals surface area contributed by atoms with Crippen molar-refractivity contribution in [3.8, 4) is 0 Å². The van der Waals surface area contributed by atoms with E-state index in [0.717, 1.165) is 25.9 Å². The summed E-state index contributed by atoms with van der Waals surface area (Å²) in [5, 5.41) is 14.6. The number of rotatable bonds is 3. The number of aromatic carboxylic acids is 1. The number of carbonyl (C=O) groups is 2. The second-order valence-corrected chi connectivity index (χ2v) is 5.58. The Kier molecular flexibility index (Phi) is 5.03. The molecule has 0 spiro atoms. The molecule has 7 heteroatoms. The zero-order valence-electron chi connectivity index (χ0n) is 11.7. The van der Waals surface area contributed by atoms with Crippen LogP contribution in [0.5, 0.6) is 0 Å². The maximum absolute atomic E-state index is 11.9. The fourth-order valence-electron chi connectivity index (χ4n) is 2.25. The first-order valence-corrected chi connectivity index (χ1v) is 7.12. The largest absolute Gasteiger partial charge is 0.478 e. The Balaban J connectivity index is 1.92. The molecule has 0 aromatic heterocycles. The number of hydrogen-bond donors (Lipinski definition) is 3. The highest BCUT2D eigenvalue weighted by Crippen LogP contribution is 2.23. The molecule has 0 unspecified atom stereocenters. The van der Waals surface area contributed by atoms with E-state index in [2.05, 4.69) is 22.6 Å². The van der Waals surface area contributed by atoms with Crippen LogP contribution in [-0.2, 0) is 0 Å². The van der Waals surface area contributed by atoms with Crippen LogP contribution >= 0.6 is 11.6 Å². The lowest BCUT2D eigenvalue weighted by atomic mass is 10.1. The van der Waals surface area contributed by atoms with Crippen molar-refractivity contribution in [1.82, 2.24) is 10.2 Å². The van der Waals surface area contributed by atoms with Crippen LogP contribution in [0.2, 0.25) is 5.02 Å². The lowest BCUT2D eigenvalue weighted by Gasteiger charge is -2.29. The molecule has 1 heterocycles. The van der Waals surface area contributed by atoms with Gasteiger partial charge in [-0.1, -0.05) is 11.6 Å². The van der Waals surface area contributed by atoms with Gasteiger partial charge in [-0.15, -0.1) is 0 Å². The quantitative estimate of drug-likeness (QED) is 0.799. The van der Waals surface area contributed by atoms with Gasteiger partial charge in [0.05, 0.1) is 16.3 Å². The normalized spacial score (nSPS) is 16.5. The molecule has 1 aliphatic heterocycles.